The van der Waals surface area contributed by atoms with Crippen LogP contribution in [0.25, 0.3) is 11.3 Å². The quantitative estimate of drug-likeness (QED) is 0.376. The number of aromatic nitrogens is 4. The number of anilines is 3. The molecule has 2 aromatic heterocycles. The number of hydrogen-bond donors (Lipinski definition) is 2. The van der Waals surface area contributed by atoms with Gasteiger partial charge in [-0.25, -0.2) is 4.98 Å². The van der Waals surface area contributed by atoms with Crippen LogP contribution in [-0.2, 0) is 24.4 Å². The summed E-state index contributed by atoms with van der Waals surface area (Å²) >= 11 is 0. The van der Waals surface area contributed by atoms with Gasteiger partial charge in [0.05, 0.1) is 24.0 Å². The molecule has 0 unspecified atom stereocenters. The summed E-state index contributed by atoms with van der Waals surface area (Å²) in [6.45, 7) is 4.21. The van der Waals surface area contributed by atoms with Gasteiger partial charge in [0, 0.05) is 50.5 Å². The number of fused-ring (bicyclic) bond motifs is 1. The molecule has 36 heavy (non-hydrogen) atoms. The molecule has 1 atom stereocenters. The van der Waals surface area contributed by atoms with Gasteiger partial charge in [-0.15, -0.1) is 0 Å². The molecule has 4 heterocycles. The van der Waals surface area contributed by atoms with E-state index in [1.165, 1.54) is 11.1 Å². The Kier molecular flexibility index (Phi) is 6.36. The predicted octanol–water partition coefficient (Wildman–Crippen LogP) is 4.74. The topological polar surface area (TPSA) is 82.2 Å². The molecule has 2 aliphatic heterocycles. The summed E-state index contributed by atoms with van der Waals surface area (Å²) in [5.74, 6) is 2.31. The Labute approximate surface area is 211 Å². The lowest BCUT2D eigenvalue weighted by atomic mass is 10.1. The van der Waals surface area contributed by atoms with Gasteiger partial charge in [0.25, 0.3) is 0 Å². The molecule has 0 spiro atoms. The fourth-order valence-electron chi connectivity index (χ4n) is 5.23. The largest absolute Gasteiger partial charge is 0.383 e. The van der Waals surface area contributed by atoms with Gasteiger partial charge in [0.2, 0.25) is 5.95 Å². The molecule has 0 radical (unpaired) electrons. The van der Waals surface area contributed by atoms with Crippen molar-refractivity contribution < 1.29 is 4.74 Å². The summed E-state index contributed by atoms with van der Waals surface area (Å²) in [7, 11) is 1.75. The van der Waals surface area contributed by atoms with Crippen LogP contribution in [0.3, 0.4) is 0 Å². The SMILES string of the molecule is COC[C@@H]1CCCN1c1nc(Nc2n[nH]c3c2CN(Cc2ccccc2)C3)cc(-c2ccccc2)n1. The number of hydrogen-bond acceptors (Lipinski definition) is 7. The number of nitrogens with zero attached hydrogens (tertiary/aromatic N) is 5. The molecule has 0 bridgehead atoms. The number of methoxy groups -OCH3 is 1. The lowest BCUT2D eigenvalue weighted by Crippen LogP contribution is -2.34. The Balaban J connectivity index is 1.28. The Morgan fingerprint density at radius 3 is 2.64 bits per heavy atom. The zero-order valence-corrected chi connectivity index (χ0v) is 20.5. The van der Waals surface area contributed by atoms with E-state index in [0.29, 0.717) is 6.61 Å². The van der Waals surface area contributed by atoms with Crippen molar-refractivity contribution in [3.63, 3.8) is 0 Å². The molecule has 2 aromatic carbocycles. The maximum Gasteiger partial charge on any atom is 0.228 e. The minimum Gasteiger partial charge on any atom is -0.383 e. The second kappa shape index (κ2) is 10.1. The van der Waals surface area contributed by atoms with Crippen LogP contribution in [0.5, 0.6) is 0 Å². The van der Waals surface area contributed by atoms with Crippen molar-refractivity contribution in [1.82, 2.24) is 25.1 Å². The fraction of sp³-hybridized carbons (Fsp3) is 0.321. The third-order valence-electron chi connectivity index (χ3n) is 6.99. The second-order valence-corrected chi connectivity index (χ2v) is 9.53. The summed E-state index contributed by atoms with van der Waals surface area (Å²) in [4.78, 5) is 14.6. The summed E-state index contributed by atoms with van der Waals surface area (Å²) in [5, 5.41) is 11.3. The van der Waals surface area contributed by atoms with E-state index in [9.17, 15) is 0 Å². The van der Waals surface area contributed by atoms with E-state index < -0.39 is 0 Å². The molecule has 0 amide bonds. The van der Waals surface area contributed by atoms with Gasteiger partial charge >= 0.3 is 0 Å². The van der Waals surface area contributed by atoms with E-state index in [4.69, 9.17) is 14.7 Å². The molecule has 2 N–H and O–H groups in total. The normalized spacial score (nSPS) is 17.5. The fourth-order valence-corrected chi connectivity index (χ4v) is 5.23. The molecular weight excluding hydrogens is 450 g/mol. The molecule has 184 valence electrons. The summed E-state index contributed by atoms with van der Waals surface area (Å²) in [6.07, 6.45) is 2.19. The molecule has 1 saturated heterocycles. The average Bonchev–Trinajstić information content (AvgIpc) is 3.63. The van der Waals surface area contributed by atoms with E-state index in [0.717, 1.165) is 73.6 Å². The lowest BCUT2D eigenvalue weighted by Gasteiger charge is -2.25. The van der Waals surface area contributed by atoms with Gasteiger partial charge in [-0.05, 0) is 18.4 Å². The molecule has 8 nitrogen and oxygen atoms in total. The molecule has 6 rings (SSSR count). The zero-order chi connectivity index (χ0) is 24.3. The molecule has 4 aromatic rings. The highest BCUT2D eigenvalue weighted by Gasteiger charge is 2.28. The average molecular weight is 482 g/mol. The van der Waals surface area contributed by atoms with Crippen molar-refractivity contribution in [2.45, 2.75) is 38.5 Å². The van der Waals surface area contributed by atoms with Crippen molar-refractivity contribution in [3.8, 4) is 11.3 Å². The van der Waals surface area contributed by atoms with Crippen LogP contribution in [0.15, 0.2) is 66.7 Å². The monoisotopic (exact) mass is 481 g/mol. The number of aromatic amines is 1. The first-order valence-corrected chi connectivity index (χ1v) is 12.6. The molecular formula is C28H31N7O. The van der Waals surface area contributed by atoms with Crippen LogP contribution in [0.4, 0.5) is 17.6 Å². The van der Waals surface area contributed by atoms with E-state index in [1.807, 2.05) is 24.3 Å². The predicted molar refractivity (Wildman–Crippen MR) is 141 cm³/mol. The third-order valence-corrected chi connectivity index (χ3v) is 6.99. The molecule has 0 aliphatic carbocycles. The summed E-state index contributed by atoms with van der Waals surface area (Å²) < 4.78 is 5.48. The maximum absolute atomic E-state index is 5.48. The van der Waals surface area contributed by atoms with Crippen LogP contribution in [0.2, 0.25) is 0 Å². The second-order valence-electron chi connectivity index (χ2n) is 9.53. The smallest absolute Gasteiger partial charge is 0.228 e. The highest BCUT2D eigenvalue weighted by Crippen LogP contribution is 2.32. The molecule has 8 heteroatoms. The van der Waals surface area contributed by atoms with E-state index in [-0.39, 0.29) is 6.04 Å². The van der Waals surface area contributed by atoms with Crippen LogP contribution in [0.1, 0.15) is 29.7 Å². The minimum absolute atomic E-state index is 0.287. The highest BCUT2D eigenvalue weighted by molar-refractivity contribution is 5.68. The van der Waals surface area contributed by atoms with Crippen molar-refractivity contribution in [2.75, 3.05) is 30.5 Å². The number of H-pyrrole nitrogens is 1. The Morgan fingerprint density at radius 2 is 1.83 bits per heavy atom. The number of rotatable bonds is 8. The van der Waals surface area contributed by atoms with Gasteiger partial charge in [-0.1, -0.05) is 60.7 Å². The molecule has 2 aliphatic rings. The van der Waals surface area contributed by atoms with Gasteiger partial charge < -0.3 is 15.0 Å². The lowest BCUT2D eigenvalue weighted by molar-refractivity contribution is 0.180. The van der Waals surface area contributed by atoms with Crippen LogP contribution >= 0.6 is 0 Å². The zero-order valence-electron chi connectivity index (χ0n) is 20.5. The van der Waals surface area contributed by atoms with E-state index in [1.54, 1.807) is 7.11 Å². The number of nitrogens with one attached hydrogen (secondary N) is 2. The van der Waals surface area contributed by atoms with Crippen molar-refractivity contribution >= 4 is 17.6 Å². The van der Waals surface area contributed by atoms with Gasteiger partial charge in [-0.2, -0.15) is 10.1 Å². The van der Waals surface area contributed by atoms with Gasteiger partial charge in [0.15, 0.2) is 5.82 Å². The Hall–Kier alpha value is -3.75. The van der Waals surface area contributed by atoms with Crippen LogP contribution in [-0.4, -0.2) is 51.4 Å². The van der Waals surface area contributed by atoms with Crippen molar-refractivity contribution in [3.05, 3.63) is 83.6 Å². The highest BCUT2D eigenvalue weighted by atomic mass is 16.5. The number of benzene rings is 2. The van der Waals surface area contributed by atoms with Crippen molar-refractivity contribution in [2.24, 2.45) is 0 Å². The first-order chi connectivity index (χ1) is 17.8. The Bertz CT molecular complexity index is 1310. The van der Waals surface area contributed by atoms with E-state index in [2.05, 4.69) is 67.8 Å². The minimum atomic E-state index is 0.287. The van der Waals surface area contributed by atoms with Crippen LogP contribution in [0, 0.1) is 0 Å². The van der Waals surface area contributed by atoms with Crippen molar-refractivity contribution in [1.29, 1.82) is 0 Å². The van der Waals surface area contributed by atoms with E-state index >= 15 is 0 Å². The summed E-state index contributed by atoms with van der Waals surface area (Å²) in [5.41, 5.74) is 5.63. The first-order valence-electron chi connectivity index (χ1n) is 12.6. The first kappa shape index (κ1) is 22.7. The maximum atomic E-state index is 5.48. The molecule has 0 saturated carbocycles. The Morgan fingerprint density at radius 1 is 1.03 bits per heavy atom. The summed E-state index contributed by atoms with van der Waals surface area (Å²) in [6, 6.07) is 23.1. The molecule has 1 fully saturated rings. The van der Waals surface area contributed by atoms with Gasteiger partial charge in [0.1, 0.15) is 5.82 Å². The van der Waals surface area contributed by atoms with Gasteiger partial charge in [-0.3, -0.25) is 10.00 Å². The van der Waals surface area contributed by atoms with Crippen LogP contribution < -0.4 is 10.2 Å². The third kappa shape index (κ3) is 4.69. The number of ether oxygens (including phenoxy) is 1. The standard InChI is InChI=1S/C28H31N7O/c1-36-19-22-13-8-14-35(22)28-29-24(21-11-6-3-7-12-21)15-26(31-28)30-27-23-17-34(18-25(23)32-33-27)16-20-9-4-2-5-10-20/h2-7,9-12,15,22H,8,13-14,16-19H2,1H3,(H2,29,30,31,32,33)/t22-/m0/s1.